The summed E-state index contributed by atoms with van der Waals surface area (Å²) in [6.07, 6.45) is 2.31. The molecule has 0 aromatic heterocycles. The van der Waals surface area contributed by atoms with Crippen molar-refractivity contribution in [2.24, 2.45) is 0 Å². The molecule has 0 radical (unpaired) electrons. The van der Waals surface area contributed by atoms with Gasteiger partial charge in [0.05, 0.1) is 0 Å². The van der Waals surface area contributed by atoms with Crippen molar-refractivity contribution in [3.63, 3.8) is 0 Å². The average molecular weight is 397 g/mol. The summed E-state index contributed by atoms with van der Waals surface area (Å²) in [7, 11) is 4.22. The molecule has 1 aromatic rings. The molecule has 1 aliphatic heterocycles. The number of likely N-dealkylation sites (N-methyl/N-ethyl adjacent to an activating group) is 1. The molecule has 1 saturated heterocycles. The molecule has 146 valence electrons. The highest BCUT2D eigenvalue weighted by atomic mass is 35.5. The van der Waals surface area contributed by atoms with Gasteiger partial charge in [-0.25, -0.2) is 0 Å². The minimum Gasteiger partial charge on any atom is -0.345 e. The normalized spacial score (nSPS) is 16.3. The van der Waals surface area contributed by atoms with Crippen LogP contribution in [0.1, 0.15) is 32.3 Å². The number of halogens is 1. The Labute approximate surface area is 169 Å². The zero-order chi connectivity index (χ0) is 19.3. The fourth-order valence-corrected chi connectivity index (χ4v) is 3.91. The number of thiocarbonyl (C=S) groups is 1. The van der Waals surface area contributed by atoms with E-state index in [9.17, 15) is 0 Å². The lowest BCUT2D eigenvalue weighted by atomic mass is 10.0. The topological polar surface area (TPSA) is 21.8 Å². The second kappa shape index (κ2) is 9.88. The number of hydrogen-bond donors (Lipinski definition) is 1. The molecule has 0 unspecified atom stereocenters. The van der Waals surface area contributed by atoms with Crippen molar-refractivity contribution in [2.45, 2.75) is 45.7 Å². The number of piperidine rings is 1. The highest BCUT2D eigenvalue weighted by Crippen LogP contribution is 2.23. The summed E-state index contributed by atoms with van der Waals surface area (Å²) in [6, 6.07) is 7.00. The van der Waals surface area contributed by atoms with Crippen LogP contribution >= 0.6 is 23.8 Å². The van der Waals surface area contributed by atoms with Gasteiger partial charge in [0.2, 0.25) is 0 Å². The van der Waals surface area contributed by atoms with E-state index in [-0.39, 0.29) is 0 Å². The Hall–Kier alpha value is -0.880. The number of nitrogens with one attached hydrogen (secondary N) is 1. The summed E-state index contributed by atoms with van der Waals surface area (Å²) in [6.45, 7) is 10.8. The van der Waals surface area contributed by atoms with Crippen LogP contribution in [0.5, 0.6) is 0 Å². The third kappa shape index (κ3) is 6.08. The summed E-state index contributed by atoms with van der Waals surface area (Å²) in [5.41, 5.74) is 2.15. The molecule has 0 atom stereocenters. The van der Waals surface area contributed by atoms with Crippen molar-refractivity contribution in [2.75, 3.05) is 45.6 Å². The van der Waals surface area contributed by atoms with Crippen LogP contribution in [0.3, 0.4) is 0 Å². The first kappa shape index (κ1) is 21.4. The predicted molar refractivity (Wildman–Crippen MR) is 117 cm³/mol. The maximum absolute atomic E-state index is 6.17. The molecule has 1 aromatic carbocycles. The molecule has 1 aliphatic rings. The molecule has 6 heteroatoms. The van der Waals surface area contributed by atoms with Crippen molar-refractivity contribution >= 4 is 34.6 Å². The highest BCUT2D eigenvalue weighted by Gasteiger charge is 2.27. The second-order valence-corrected chi connectivity index (χ2v) is 8.57. The Morgan fingerprint density at radius 1 is 1.27 bits per heavy atom. The molecule has 0 aliphatic carbocycles. The van der Waals surface area contributed by atoms with E-state index in [1.165, 1.54) is 0 Å². The first-order valence-electron chi connectivity index (χ1n) is 9.50. The van der Waals surface area contributed by atoms with Crippen molar-refractivity contribution in [1.29, 1.82) is 0 Å². The Morgan fingerprint density at radius 3 is 2.50 bits per heavy atom. The van der Waals surface area contributed by atoms with Gasteiger partial charge < -0.3 is 20.0 Å². The second-order valence-electron chi connectivity index (χ2n) is 7.75. The molecule has 1 N–H and O–H groups in total. The van der Waals surface area contributed by atoms with Crippen LogP contribution in [-0.4, -0.2) is 72.2 Å². The maximum atomic E-state index is 6.17. The predicted octanol–water partition coefficient (Wildman–Crippen LogP) is 4.08. The molecule has 0 spiro atoms. The van der Waals surface area contributed by atoms with Crippen molar-refractivity contribution in [3.05, 3.63) is 28.8 Å². The van der Waals surface area contributed by atoms with E-state index in [1.807, 2.05) is 18.2 Å². The Kier molecular flexibility index (Phi) is 8.14. The molecule has 0 bridgehead atoms. The lowest BCUT2D eigenvalue weighted by molar-refractivity contribution is 0.125. The zero-order valence-electron chi connectivity index (χ0n) is 16.8. The third-order valence-corrected chi connectivity index (χ3v) is 5.73. The van der Waals surface area contributed by atoms with Gasteiger partial charge >= 0.3 is 0 Å². The van der Waals surface area contributed by atoms with Crippen LogP contribution in [0.4, 0.5) is 5.69 Å². The van der Waals surface area contributed by atoms with Crippen LogP contribution in [0.2, 0.25) is 5.02 Å². The molecule has 0 amide bonds. The van der Waals surface area contributed by atoms with Gasteiger partial charge in [0.15, 0.2) is 5.11 Å². The number of benzene rings is 1. The Morgan fingerprint density at radius 2 is 1.92 bits per heavy atom. The van der Waals surface area contributed by atoms with Gasteiger partial charge in [0, 0.05) is 49.0 Å². The number of rotatable bonds is 6. The van der Waals surface area contributed by atoms with Crippen molar-refractivity contribution in [3.8, 4) is 0 Å². The fraction of sp³-hybridized carbons (Fsp3) is 0.650. The quantitative estimate of drug-likeness (QED) is 0.729. The standard InChI is InChI=1S/C20H33ClN4S/c1-15(2)24-10-8-18(9-11-24)25(13-12-23(4)5)20(26)22-19-14-17(21)7-6-16(19)3/h6-7,14-15,18H,8-13H2,1-5H3,(H,22,26). The summed E-state index contributed by atoms with van der Waals surface area (Å²) in [5.74, 6) is 0. The van der Waals surface area contributed by atoms with Gasteiger partial charge in [-0.15, -0.1) is 0 Å². The van der Waals surface area contributed by atoms with Crippen LogP contribution < -0.4 is 5.32 Å². The molecule has 2 rings (SSSR count). The van der Waals surface area contributed by atoms with Crippen LogP contribution in [-0.2, 0) is 0 Å². The highest BCUT2D eigenvalue weighted by molar-refractivity contribution is 7.80. The van der Waals surface area contributed by atoms with Gasteiger partial charge in [0.25, 0.3) is 0 Å². The summed E-state index contributed by atoms with van der Waals surface area (Å²) in [5, 5.41) is 4.98. The number of likely N-dealkylation sites (tertiary alicyclic amines) is 1. The molecular formula is C20H33ClN4S. The van der Waals surface area contributed by atoms with E-state index in [0.29, 0.717) is 12.1 Å². The van der Waals surface area contributed by atoms with Gasteiger partial charge in [0.1, 0.15) is 0 Å². The van der Waals surface area contributed by atoms with E-state index < -0.39 is 0 Å². The van der Waals surface area contributed by atoms with Gasteiger partial charge in [-0.2, -0.15) is 0 Å². The third-order valence-electron chi connectivity index (χ3n) is 5.16. The summed E-state index contributed by atoms with van der Waals surface area (Å²) < 4.78 is 0. The smallest absolute Gasteiger partial charge is 0.173 e. The molecular weight excluding hydrogens is 364 g/mol. The van der Waals surface area contributed by atoms with Crippen LogP contribution in [0, 0.1) is 6.92 Å². The number of aryl methyl sites for hydroxylation is 1. The van der Waals surface area contributed by atoms with Gasteiger partial charge in [-0.05, 0) is 77.6 Å². The van der Waals surface area contributed by atoms with Crippen molar-refractivity contribution in [1.82, 2.24) is 14.7 Å². The maximum Gasteiger partial charge on any atom is 0.173 e. The lowest BCUT2D eigenvalue weighted by Gasteiger charge is -2.41. The molecule has 4 nitrogen and oxygen atoms in total. The van der Waals surface area contributed by atoms with Gasteiger partial charge in [-0.1, -0.05) is 17.7 Å². The van der Waals surface area contributed by atoms with E-state index >= 15 is 0 Å². The number of nitrogens with zero attached hydrogens (tertiary/aromatic N) is 3. The number of hydrogen-bond acceptors (Lipinski definition) is 3. The molecule has 1 heterocycles. The summed E-state index contributed by atoms with van der Waals surface area (Å²) >= 11 is 12.0. The Bertz CT molecular complexity index is 597. The van der Waals surface area contributed by atoms with Gasteiger partial charge in [-0.3, -0.25) is 0 Å². The van der Waals surface area contributed by atoms with E-state index in [2.05, 4.69) is 54.9 Å². The molecule has 26 heavy (non-hydrogen) atoms. The first-order valence-corrected chi connectivity index (χ1v) is 10.3. The summed E-state index contributed by atoms with van der Waals surface area (Å²) in [4.78, 5) is 7.15. The monoisotopic (exact) mass is 396 g/mol. The van der Waals surface area contributed by atoms with Crippen molar-refractivity contribution < 1.29 is 0 Å². The first-order chi connectivity index (χ1) is 12.3. The number of anilines is 1. The minimum absolute atomic E-state index is 0.490. The lowest BCUT2D eigenvalue weighted by Crippen LogP contribution is -2.51. The van der Waals surface area contributed by atoms with Crippen LogP contribution in [0.15, 0.2) is 18.2 Å². The average Bonchev–Trinajstić information content (AvgIpc) is 2.58. The zero-order valence-corrected chi connectivity index (χ0v) is 18.3. The SMILES string of the molecule is Cc1ccc(Cl)cc1NC(=S)N(CCN(C)C)C1CCN(C(C)C)CC1. The molecule has 1 fully saturated rings. The fourth-order valence-electron chi connectivity index (χ4n) is 3.39. The minimum atomic E-state index is 0.490. The van der Waals surface area contributed by atoms with E-state index in [4.69, 9.17) is 23.8 Å². The largest absolute Gasteiger partial charge is 0.345 e. The van der Waals surface area contributed by atoms with E-state index in [1.54, 1.807) is 0 Å². The molecule has 0 saturated carbocycles. The van der Waals surface area contributed by atoms with E-state index in [0.717, 1.165) is 60.4 Å². The Balaban J connectivity index is 2.08. The van der Waals surface area contributed by atoms with Crippen LogP contribution in [0.25, 0.3) is 0 Å².